The van der Waals surface area contributed by atoms with Gasteiger partial charge in [0.05, 0.1) is 30.5 Å². The molecule has 0 aromatic heterocycles. The van der Waals surface area contributed by atoms with Gasteiger partial charge in [-0.05, 0) is 51.4 Å². The molecule has 130 valence electrons. The van der Waals surface area contributed by atoms with Crippen LogP contribution in [0.5, 0.6) is 5.75 Å². The van der Waals surface area contributed by atoms with Gasteiger partial charge in [-0.3, -0.25) is 0 Å². The van der Waals surface area contributed by atoms with Crippen molar-refractivity contribution in [2.75, 3.05) is 13.7 Å². The Morgan fingerprint density at radius 1 is 1.25 bits per heavy atom. The summed E-state index contributed by atoms with van der Waals surface area (Å²) in [4.78, 5) is 11.6. The molecule has 1 aliphatic heterocycles. The number of carbonyl (C=O) groups excluding carboxylic acids is 1. The largest absolute Gasteiger partial charge is 0.507 e. The van der Waals surface area contributed by atoms with Crippen LogP contribution in [0.15, 0.2) is 23.7 Å². The Morgan fingerprint density at radius 3 is 2.33 bits per heavy atom. The lowest BCUT2D eigenvalue weighted by Gasteiger charge is -2.32. The summed E-state index contributed by atoms with van der Waals surface area (Å²) in [5.41, 5.74) is 0.0410. The van der Waals surface area contributed by atoms with Crippen LogP contribution in [0.25, 0.3) is 6.08 Å². The van der Waals surface area contributed by atoms with Gasteiger partial charge in [0.15, 0.2) is 0 Å². The van der Waals surface area contributed by atoms with Crippen molar-refractivity contribution < 1.29 is 29.1 Å². The van der Waals surface area contributed by atoms with E-state index in [0.29, 0.717) is 16.6 Å². The number of benzene rings is 1. The third-order valence-electron chi connectivity index (χ3n) is 4.53. The predicted octanol–water partition coefficient (Wildman–Crippen LogP) is 2.19. The molecular formula is C17H23BO6. The summed E-state index contributed by atoms with van der Waals surface area (Å²) < 4.78 is 16.5. The number of phenols is 1. The molecule has 24 heavy (non-hydrogen) atoms. The second-order valence-corrected chi connectivity index (χ2v) is 6.73. The number of hydrogen-bond donors (Lipinski definition) is 2. The van der Waals surface area contributed by atoms with Crippen molar-refractivity contribution in [2.45, 2.75) is 38.9 Å². The first-order chi connectivity index (χ1) is 11.1. The summed E-state index contributed by atoms with van der Waals surface area (Å²) in [6.45, 7) is 7.35. The highest BCUT2D eigenvalue weighted by molar-refractivity contribution is 6.55. The third-order valence-corrected chi connectivity index (χ3v) is 4.53. The van der Waals surface area contributed by atoms with E-state index in [1.54, 1.807) is 6.08 Å². The van der Waals surface area contributed by atoms with E-state index in [0.717, 1.165) is 0 Å². The Kier molecular flexibility index (Phi) is 5.08. The van der Waals surface area contributed by atoms with E-state index in [1.165, 1.54) is 25.3 Å². The van der Waals surface area contributed by atoms with Gasteiger partial charge in [-0.1, -0.05) is 6.08 Å². The fourth-order valence-corrected chi connectivity index (χ4v) is 2.30. The summed E-state index contributed by atoms with van der Waals surface area (Å²) in [5.74, 6) is -0.532. The maximum Gasteiger partial charge on any atom is 0.492 e. The van der Waals surface area contributed by atoms with Crippen molar-refractivity contribution in [1.29, 1.82) is 0 Å². The number of rotatable bonds is 4. The van der Waals surface area contributed by atoms with Crippen LogP contribution < -0.4 is 0 Å². The fraction of sp³-hybridized carbons (Fsp3) is 0.471. The lowest BCUT2D eigenvalue weighted by atomic mass is 9.77. The molecule has 6 nitrogen and oxygen atoms in total. The fourth-order valence-electron chi connectivity index (χ4n) is 2.30. The first kappa shape index (κ1) is 18.5. The van der Waals surface area contributed by atoms with E-state index in [2.05, 4.69) is 4.74 Å². The molecule has 1 aliphatic rings. The van der Waals surface area contributed by atoms with Crippen LogP contribution in [0.3, 0.4) is 0 Å². The van der Waals surface area contributed by atoms with E-state index in [1.807, 2.05) is 27.7 Å². The lowest BCUT2D eigenvalue weighted by Crippen LogP contribution is -2.41. The molecule has 2 N–H and O–H groups in total. The molecule has 0 amide bonds. The lowest BCUT2D eigenvalue weighted by molar-refractivity contribution is 0.00578. The monoisotopic (exact) mass is 334 g/mol. The van der Waals surface area contributed by atoms with Gasteiger partial charge in [-0.2, -0.15) is 0 Å². The number of aromatic hydroxyl groups is 1. The molecule has 0 spiro atoms. The van der Waals surface area contributed by atoms with Crippen LogP contribution >= 0.6 is 0 Å². The van der Waals surface area contributed by atoms with Crippen molar-refractivity contribution >= 4 is 19.2 Å². The Hall–Kier alpha value is -1.83. The zero-order valence-corrected chi connectivity index (χ0v) is 14.6. The summed E-state index contributed by atoms with van der Waals surface area (Å²) in [6, 6.07) is 4.35. The Labute approximate surface area is 142 Å². The van der Waals surface area contributed by atoms with E-state index in [4.69, 9.17) is 9.31 Å². The van der Waals surface area contributed by atoms with Crippen LogP contribution in [0, 0.1) is 0 Å². The number of ether oxygens (including phenoxy) is 1. The van der Waals surface area contributed by atoms with Crippen molar-refractivity contribution in [3.63, 3.8) is 0 Å². The minimum absolute atomic E-state index is 0.0230. The van der Waals surface area contributed by atoms with Crippen LogP contribution in [-0.2, 0) is 14.0 Å². The summed E-state index contributed by atoms with van der Waals surface area (Å²) >= 11 is 0. The molecule has 0 atom stereocenters. The summed E-state index contributed by atoms with van der Waals surface area (Å²) in [5, 5.41) is 19.7. The average molecular weight is 334 g/mol. The molecule has 1 saturated heterocycles. The summed E-state index contributed by atoms with van der Waals surface area (Å²) in [7, 11) is 0.551. The number of aliphatic hydroxyl groups is 1. The normalized spacial score (nSPS) is 19.4. The molecule has 1 aromatic carbocycles. The van der Waals surface area contributed by atoms with E-state index < -0.39 is 24.3 Å². The van der Waals surface area contributed by atoms with Crippen molar-refractivity contribution in [3.05, 3.63) is 34.8 Å². The van der Waals surface area contributed by atoms with Crippen molar-refractivity contribution in [2.24, 2.45) is 0 Å². The molecule has 0 unspecified atom stereocenters. The first-order valence-electron chi connectivity index (χ1n) is 7.69. The molecule has 1 heterocycles. The van der Waals surface area contributed by atoms with Gasteiger partial charge < -0.3 is 24.3 Å². The number of hydrogen-bond acceptors (Lipinski definition) is 6. The Bertz CT molecular complexity index is 649. The molecule has 0 aliphatic carbocycles. The molecule has 2 rings (SSSR count). The maximum atomic E-state index is 11.6. The number of carbonyl (C=O) groups is 1. The molecule has 0 radical (unpaired) electrons. The van der Waals surface area contributed by atoms with E-state index in [9.17, 15) is 15.0 Å². The minimum Gasteiger partial charge on any atom is -0.507 e. The van der Waals surface area contributed by atoms with Crippen LogP contribution in [0.4, 0.5) is 0 Å². The highest BCUT2D eigenvalue weighted by atomic mass is 16.7. The molecule has 0 bridgehead atoms. The summed E-state index contributed by atoms with van der Waals surface area (Å²) in [6.07, 6.45) is 1.56. The average Bonchev–Trinajstić information content (AvgIpc) is 2.73. The highest BCUT2D eigenvalue weighted by Gasteiger charge is 2.52. The zero-order chi connectivity index (χ0) is 18.1. The van der Waals surface area contributed by atoms with Gasteiger partial charge in [0.1, 0.15) is 5.75 Å². The van der Waals surface area contributed by atoms with E-state index >= 15 is 0 Å². The Morgan fingerprint density at radius 2 is 1.83 bits per heavy atom. The number of methoxy groups -OCH3 is 1. The highest BCUT2D eigenvalue weighted by Crippen LogP contribution is 2.39. The predicted molar refractivity (Wildman–Crippen MR) is 90.6 cm³/mol. The van der Waals surface area contributed by atoms with Gasteiger partial charge in [0, 0.05) is 5.56 Å². The van der Waals surface area contributed by atoms with Gasteiger partial charge in [0.2, 0.25) is 0 Å². The number of phenolic OH excluding ortho intramolecular Hbond substituents is 1. The van der Waals surface area contributed by atoms with Crippen LogP contribution in [-0.4, -0.2) is 48.2 Å². The van der Waals surface area contributed by atoms with E-state index in [-0.39, 0.29) is 12.4 Å². The smallest absolute Gasteiger partial charge is 0.492 e. The van der Waals surface area contributed by atoms with Gasteiger partial charge in [-0.15, -0.1) is 0 Å². The quantitative estimate of drug-likeness (QED) is 0.648. The minimum atomic E-state index is -0.735. The molecular weight excluding hydrogens is 311 g/mol. The van der Waals surface area contributed by atoms with Crippen molar-refractivity contribution in [1.82, 2.24) is 0 Å². The molecule has 1 fully saturated rings. The Balaban J connectivity index is 2.37. The molecule has 7 heteroatoms. The topological polar surface area (TPSA) is 85.2 Å². The van der Waals surface area contributed by atoms with Crippen LogP contribution in [0.2, 0.25) is 0 Å². The second-order valence-electron chi connectivity index (χ2n) is 6.73. The number of esters is 1. The van der Waals surface area contributed by atoms with Gasteiger partial charge in [0.25, 0.3) is 0 Å². The maximum absolute atomic E-state index is 11.6. The van der Waals surface area contributed by atoms with Gasteiger partial charge in [-0.25, -0.2) is 4.79 Å². The van der Waals surface area contributed by atoms with Gasteiger partial charge >= 0.3 is 13.1 Å². The zero-order valence-electron chi connectivity index (χ0n) is 14.6. The second kappa shape index (κ2) is 6.59. The third kappa shape index (κ3) is 3.48. The first-order valence-corrected chi connectivity index (χ1v) is 7.69. The SMILES string of the molecule is COC(=O)c1ccc(O)c(C=C(CO)B2OC(C)(C)C(C)(C)O2)c1. The standard InChI is InChI=1S/C17H23BO6/c1-16(2)17(3,4)24-18(23-16)13(10-19)9-12-8-11(15(21)22-5)6-7-14(12)20/h6-9,19-20H,10H2,1-5H3. The number of aliphatic hydroxyl groups excluding tert-OH is 1. The van der Waals surface area contributed by atoms with Crippen molar-refractivity contribution in [3.8, 4) is 5.75 Å². The molecule has 0 saturated carbocycles. The van der Waals surface area contributed by atoms with Crippen LogP contribution in [0.1, 0.15) is 43.6 Å². The molecule has 1 aromatic rings.